The van der Waals surface area contributed by atoms with Gasteiger partial charge in [0, 0.05) is 31.4 Å². The first-order valence-electron chi connectivity index (χ1n) is 7.78. The summed E-state index contributed by atoms with van der Waals surface area (Å²) in [7, 11) is 0. The van der Waals surface area contributed by atoms with Crippen LogP contribution in [0.3, 0.4) is 0 Å². The van der Waals surface area contributed by atoms with Crippen LogP contribution in [0.4, 0.5) is 5.95 Å². The van der Waals surface area contributed by atoms with E-state index < -0.39 is 0 Å². The SMILES string of the molecule is CCCNCC1CCCCN1c1nccc(OCC)n1. The van der Waals surface area contributed by atoms with Crippen molar-refractivity contribution < 1.29 is 4.74 Å². The molecule has 0 amide bonds. The zero-order valence-corrected chi connectivity index (χ0v) is 12.6. The van der Waals surface area contributed by atoms with E-state index in [0.717, 1.165) is 25.6 Å². The lowest BCUT2D eigenvalue weighted by Gasteiger charge is -2.36. The molecule has 2 heterocycles. The Hall–Kier alpha value is -1.36. The van der Waals surface area contributed by atoms with Crippen LogP contribution in [-0.2, 0) is 0 Å². The maximum absolute atomic E-state index is 5.48. The van der Waals surface area contributed by atoms with Gasteiger partial charge in [-0.25, -0.2) is 4.98 Å². The number of aromatic nitrogens is 2. The first kappa shape index (κ1) is 15.0. The summed E-state index contributed by atoms with van der Waals surface area (Å²) in [5, 5.41) is 3.52. The second kappa shape index (κ2) is 8.04. The van der Waals surface area contributed by atoms with E-state index >= 15 is 0 Å². The molecule has 1 unspecified atom stereocenters. The number of anilines is 1. The fourth-order valence-electron chi connectivity index (χ4n) is 2.62. The topological polar surface area (TPSA) is 50.3 Å². The highest BCUT2D eigenvalue weighted by molar-refractivity contribution is 5.34. The Balaban J connectivity index is 2.04. The van der Waals surface area contributed by atoms with Gasteiger partial charge in [0.25, 0.3) is 0 Å². The minimum Gasteiger partial charge on any atom is -0.478 e. The lowest BCUT2D eigenvalue weighted by molar-refractivity contribution is 0.325. The second-order valence-corrected chi connectivity index (χ2v) is 5.18. The van der Waals surface area contributed by atoms with E-state index in [4.69, 9.17) is 4.74 Å². The molecule has 0 saturated carbocycles. The molecule has 0 aliphatic carbocycles. The van der Waals surface area contributed by atoms with Crippen molar-refractivity contribution in [1.82, 2.24) is 15.3 Å². The first-order valence-corrected chi connectivity index (χ1v) is 7.78. The van der Waals surface area contributed by atoms with E-state index in [9.17, 15) is 0 Å². The number of hydrogen-bond acceptors (Lipinski definition) is 5. The summed E-state index contributed by atoms with van der Waals surface area (Å²) < 4.78 is 5.48. The van der Waals surface area contributed by atoms with Crippen molar-refractivity contribution in [1.29, 1.82) is 0 Å². The monoisotopic (exact) mass is 278 g/mol. The van der Waals surface area contributed by atoms with Crippen LogP contribution >= 0.6 is 0 Å². The Morgan fingerprint density at radius 2 is 2.30 bits per heavy atom. The lowest BCUT2D eigenvalue weighted by atomic mass is 10.0. The van der Waals surface area contributed by atoms with Gasteiger partial charge >= 0.3 is 0 Å². The van der Waals surface area contributed by atoms with Crippen LogP contribution in [0.25, 0.3) is 0 Å². The molecule has 5 nitrogen and oxygen atoms in total. The van der Waals surface area contributed by atoms with Crippen LogP contribution in [0, 0.1) is 0 Å². The molecule has 1 aromatic heterocycles. The largest absolute Gasteiger partial charge is 0.478 e. The van der Waals surface area contributed by atoms with Gasteiger partial charge in [-0.15, -0.1) is 0 Å². The van der Waals surface area contributed by atoms with Gasteiger partial charge in [-0.05, 0) is 39.2 Å². The van der Waals surface area contributed by atoms with Crippen molar-refractivity contribution in [3.8, 4) is 5.88 Å². The highest BCUT2D eigenvalue weighted by Crippen LogP contribution is 2.22. The van der Waals surface area contributed by atoms with Crippen LogP contribution in [0.15, 0.2) is 12.3 Å². The third-order valence-corrected chi connectivity index (χ3v) is 3.60. The molecule has 1 saturated heterocycles. The number of ether oxygens (including phenoxy) is 1. The van der Waals surface area contributed by atoms with Crippen molar-refractivity contribution in [2.24, 2.45) is 0 Å². The molecular formula is C15H26N4O. The fourth-order valence-corrected chi connectivity index (χ4v) is 2.62. The summed E-state index contributed by atoms with van der Waals surface area (Å²) in [6.07, 6.45) is 6.67. The predicted octanol–water partition coefficient (Wildman–Crippen LogP) is 2.23. The van der Waals surface area contributed by atoms with Crippen molar-refractivity contribution in [2.45, 2.75) is 45.6 Å². The maximum atomic E-state index is 5.48. The minimum absolute atomic E-state index is 0.493. The van der Waals surface area contributed by atoms with Crippen LogP contribution < -0.4 is 15.0 Å². The van der Waals surface area contributed by atoms with Crippen LogP contribution in [-0.4, -0.2) is 42.3 Å². The molecule has 1 aliphatic rings. The molecule has 112 valence electrons. The third-order valence-electron chi connectivity index (χ3n) is 3.60. The van der Waals surface area contributed by atoms with Gasteiger partial charge in [0.2, 0.25) is 11.8 Å². The molecule has 1 atom stereocenters. The van der Waals surface area contributed by atoms with Crippen molar-refractivity contribution in [2.75, 3.05) is 31.1 Å². The molecule has 0 radical (unpaired) electrons. The first-order chi connectivity index (χ1) is 9.85. The van der Waals surface area contributed by atoms with E-state index in [0.29, 0.717) is 18.5 Å². The Kier molecular flexibility index (Phi) is 6.05. The summed E-state index contributed by atoms with van der Waals surface area (Å²) in [4.78, 5) is 11.3. The normalized spacial score (nSPS) is 19.1. The summed E-state index contributed by atoms with van der Waals surface area (Å²) >= 11 is 0. The van der Waals surface area contributed by atoms with Gasteiger partial charge in [-0.3, -0.25) is 0 Å². The molecule has 1 N–H and O–H groups in total. The molecule has 2 rings (SSSR count). The third kappa shape index (κ3) is 4.07. The molecule has 1 aromatic rings. The summed E-state index contributed by atoms with van der Waals surface area (Å²) in [5.74, 6) is 1.47. The van der Waals surface area contributed by atoms with Crippen LogP contribution in [0.2, 0.25) is 0 Å². The van der Waals surface area contributed by atoms with E-state index in [1.165, 1.54) is 25.7 Å². The van der Waals surface area contributed by atoms with Crippen LogP contribution in [0.5, 0.6) is 5.88 Å². The van der Waals surface area contributed by atoms with E-state index in [1.54, 1.807) is 6.20 Å². The van der Waals surface area contributed by atoms with Gasteiger partial charge < -0.3 is 15.0 Å². The summed E-state index contributed by atoms with van der Waals surface area (Å²) in [6, 6.07) is 2.31. The van der Waals surface area contributed by atoms with Gasteiger partial charge in [0.15, 0.2) is 0 Å². The molecule has 0 bridgehead atoms. The zero-order chi connectivity index (χ0) is 14.2. The van der Waals surface area contributed by atoms with Crippen LogP contribution in [0.1, 0.15) is 39.5 Å². The van der Waals surface area contributed by atoms with Gasteiger partial charge in [-0.1, -0.05) is 6.92 Å². The number of nitrogens with one attached hydrogen (secondary N) is 1. The second-order valence-electron chi connectivity index (χ2n) is 5.18. The quantitative estimate of drug-likeness (QED) is 0.775. The number of piperidine rings is 1. The molecule has 5 heteroatoms. The summed E-state index contributed by atoms with van der Waals surface area (Å²) in [6.45, 7) is 7.92. The van der Waals surface area contributed by atoms with Gasteiger partial charge in [-0.2, -0.15) is 4.98 Å². The molecule has 20 heavy (non-hydrogen) atoms. The van der Waals surface area contributed by atoms with Gasteiger partial charge in [0.1, 0.15) is 0 Å². The Morgan fingerprint density at radius 3 is 3.10 bits per heavy atom. The molecular weight excluding hydrogens is 252 g/mol. The number of rotatable bonds is 7. The maximum Gasteiger partial charge on any atom is 0.228 e. The van der Waals surface area contributed by atoms with E-state index in [2.05, 4.69) is 27.1 Å². The average Bonchev–Trinajstić information content (AvgIpc) is 2.49. The Bertz CT molecular complexity index is 399. The van der Waals surface area contributed by atoms with E-state index in [1.807, 2.05) is 13.0 Å². The lowest BCUT2D eigenvalue weighted by Crippen LogP contribution is -2.46. The average molecular weight is 278 g/mol. The summed E-state index contributed by atoms with van der Waals surface area (Å²) in [5.41, 5.74) is 0. The van der Waals surface area contributed by atoms with Crippen molar-refractivity contribution in [3.05, 3.63) is 12.3 Å². The van der Waals surface area contributed by atoms with E-state index in [-0.39, 0.29) is 0 Å². The molecule has 0 aromatic carbocycles. The Morgan fingerprint density at radius 1 is 1.40 bits per heavy atom. The highest BCUT2D eigenvalue weighted by atomic mass is 16.5. The Labute approximate surface area is 121 Å². The molecule has 0 spiro atoms. The zero-order valence-electron chi connectivity index (χ0n) is 12.6. The predicted molar refractivity (Wildman–Crippen MR) is 81.3 cm³/mol. The minimum atomic E-state index is 0.493. The molecule has 1 aliphatic heterocycles. The van der Waals surface area contributed by atoms with Crippen molar-refractivity contribution in [3.63, 3.8) is 0 Å². The van der Waals surface area contributed by atoms with Crippen molar-refractivity contribution >= 4 is 5.95 Å². The van der Waals surface area contributed by atoms with Gasteiger partial charge in [0.05, 0.1) is 6.61 Å². The molecule has 1 fully saturated rings. The smallest absolute Gasteiger partial charge is 0.228 e. The fraction of sp³-hybridized carbons (Fsp3) is 0.733. The number of nitrogens with zero attached hydrogens (tertiary/aromatic N) is 3. The highest BCUT2D eigenvalue weighted by Gasteiger charge is 2.24. The standard InChI is InChI=1S/C15H26N4O/c1-3-9-16-12-13-7-5-6-11-19(13)15-17-10-8-14(18-15)20-4-2/h8,10,13,16H,3-7,9,11-12H2,1-2H3. The number of hydrogen-bond donors (Lipinski definition) is 1.